The second kappa shape index (κ2) is 14.5. The smallest absolute Gasteiger partial charge is 0.186 e. The van der Waals surface area contributed by atoms with Crippen LogP contribution in [0.15, 0.2) is 66.7 Å². The highest BCUT2D eigenvalue weighted by molar-refractivity contribution is 5.71. The van der Waals surface area contributed by atoms with E-state index in [1.165, 1.54) is 12.5 Å². The first kappa shape index (κ1) is 29.1. The Kier molecular flexibility index (Phi) is 10.8. The number of unbranched alkanes of at least 4 members (excludes halogenated alkanes) is 4. The summed E-state index contributed by atoms with van der Waals surface area (Å²) in [6.07, 6.45) is 11.3. The number of rotatable bonds is 12. The lowest BCUT2D eigenvalue weighted by Gasteiger charge is -2.29. The van der Waals surface area contributed by atoms with Crippen LogP contribution in [0.25, 0.3) is 22.3 Å². The minimum atomic E-state index is -0.819. The summed E-state index contributed by atoms with van der Waals surface area (Å²) in [4.78, 5) is 0. The van der Waals surface area contributed by atoms with Gasteiger partial charge in [0.2, 0.25) is 0 Å². The molecule has 1 heterocycles. The molecule has 208 valence electrons. The molecule has 1 aliphatic rings. The van der Waals surface area contributed by atoms with E-state index in [4.69, 9.17) is 9.47 Å². The zero-order valence-corrected chi connectivity index (χ0v) is 23.0. The molecule has 0 spiro atoms. The van der Waals surface area contributed by atoms with E-state index in [2.05, 4.69) is 13.0 Å². The van der Waals surface area contributed by atoms with Crippen molar-refractivity contribution in [1.29, 1.82) is 0 Å². The Morgan fingerprint density at radius 2 is 1.49 bits per heavy atom. The van der Waals surface area contributed by atoms with Gasteiger partial charge in [0.1, 0.15) is 5.82 Å². The molecule has 0 saturated carbocycles. The number of hydrogen-bond acceptors (Lipinski definition) is 2. The predicted molar refractivity (Wildman–Crippen MR) is 152 cm³/mol. The molecule has 1 fully saturated rings. The van der Waals surface area contributed by atoms with E-state index >= 15 is 4.39 Å². The molecule has 2 nitrogen and oxygen atoms in total. The molecule has 1 saturated heterocycles. The zero-order chi connectivity index (χ0) is 27.6. The topological polar surface area (TPSA) is 18.5 Å². The first-order valence-corrected chi connectivity index (χ1v) is 14.2. The molecular weight excluding hydrogens is 497 g/mol. The molecule has 0 amide bonds. The summed E-state index contributed by atoms with van der Waals surface area (Å²) >= 11 is 0. The number of benzene rings is 3. The lowest BCUT2D eigenvalue weighted by Crippen LogP contribution is -2.27. The van der Waals surface area contributed by atoms with E-state index in [1.807, 2.05) is 19.1 Å². The average molecular weight is 537 g/mol. The molecule has 0 atom stereocenters. The van der Waals surface area contributed by atoms with Crippen molar-refractivity contribution in [3.05, 3.63) is 95.3 Å². The first-order valence-electron chi connectivity index (χ1n) is 14.2. The van der Waals surface area contributed by atoms with Crippen LogP contribution in [-0.2, 0) is 15.9 Å². The molecule has 3 aromatic rings. The summed E-state index contributed by atoms with van der Waals surface area (Å²) < 4.78 is 56.3. The van der Waals surface area contributed by atoms with Gasteiger partial charge in [-0.2, -0.15) is 0 Å². The normalized spacial score (nSPS) is 17.7. The Balaban J connectivity index is 1.39. The standard InChI is InChI=1S/C34H39F3O2/c1-3-5-7-8-10-12-27-17-19-29(33(37)32(27)36)26-15-13-25(14-16-26)28-18-20-30(31(35)21-28)34-38-22-24(23-39-34)11-9-6-4-2/h4,6,13-21,24,34H,3,5,7-12,22-23H2,1-2H3/b6-4+. The molecule has 3 aromatic carbocycles. The molecular formula is C34H39F3O2. The lowest BCUT2D eigenvalue weighted by atomic mass is 9.97. The molecule has 0 radical (unpaired) electrons. The Labute approximate surface area is 230 Å². The monoisotopic (exact) mass is 536 g/mol. The molecule has 0 unspecified atom stereocenters. The van der Waals surface area contributed by atoms with Crippen molar-refractivity contribution in [1.82, 2.24) is 0 Å². The molecule has 39 heavy (non-hydrogen) atoms. The summed E-state index contributed by atoms with van der Waals surface area (Å²) in [5.74, 6) is -1.67. The number of ether oxygens (including phenoxy) is 2. The van der Waals surface area contributed by atoms with Crippen molar-refractivity contribution in [2.45, 2.75) is 71.5 Å². The van der Waals surface area contributed by atoms with Gasteiger partial charge in [-0.05, 0) is 60.9 Å². The van der Waals surface area contributed by atoms with Crippen molar-refractivity contribution in [3.63, 3.8) is 0 Å². The van der Waals surface area contributed by atoms with Gasteiger partial charge in [0.25, 0.3) is 0 Å². The largest absolute Gasteiger partial charge is 0.348 e. The molecule has 0 N–H and O–H groups in total. The van der Waals surface area contributed by atoms with Crippen LogP contribution in [0.4, 0.5) is 13.2 Å². The summed E-state index contributed by atoms with van der Waals surface area (Å²) in [5, 5.41) is 0. The zero-order valence-electron chi connectivity index (χ0n) is 23.0. The number of halogens is 3. The van der Waals surface area contributed by atoms with Gasteiger partial charge in [-0.15, -0.1) is 0 Å². The van der Waals surface area contributed by atoms with Crippen LogP contribution in [0.2, 0.25) is 0 Å². The van der Waals surface area contributed by atoms with Crippen LogP contribution >= 0.6 is 0 Å². The average Bonchev–Trinajstić information content (AvgIpc) is 2.96. The molecule has 1 aliphatic heterocycles. The highest BCUT2D eigenvalue weighted by Gasteiger charge is 2.25. The molecule has 0 bridgehead atoms. The molecule has 5 heteroatoms. The van der Waals surface area contributed by atoms with Gasteiger partial charge in [-0.1, -0.05) is 93.3 Å². The predicted octanol–water partition coefficient (Wildman–Crippen LogP) is 9.97. The maximum atomic E-state index is 15.0. The third-order valence-corrected chi connectivity index (χ3v) is 7.44. The van der Waals surface area contributed by atoms with Crippen molar-refractivity contribution in [3.8, 4) is 22.3 Å². The van der Waals surface area contributed by atoms with Gasteiger partial charge in [0.05, 0.1) is 13.2 Å². The third kappa shape index (κ3) is 7.61. The minimum Gasteiger partial charge on any atom is -0.348 e. The van der Waals surface area contributed by atoms with Gasteiger partial charge in [-0.3, -0.25) is 0 Å². The van der Waals surface area contributed by atoms with E-state index in [9.17, 15) is 8.78 Å². The Morgan fingerprint density at radius 1 is 0.795 bits per heavy atom. The van der Waals surface area contributed by atoms with Gasteiger partial charge in [-0.25, -0.2) is 13.2 Å². The second-order valence-corrected chi connectivity index (χ2v) is 10.4. The Hall–Kier alpha value is -2.89. The van der Waals surface area contributed by atoms with E-state index in [0.717, 1.165) is 44.1 Å². The van der Waals surface area contributed by atoms with Crippen molar-refractivity contribution < 1.29 is 22.6 Å². The summed E-state index contributed by atoms with van der Waals surface area (Å²) in [7, 11) is 0. The summed E-state index contributed by atoms with van der Waals surface area (Å²) in [5.41, 5.74) is 3.08. The van der Waals surface area contributed by atoms with E-state index in [-0.39, 0.29) is 5.56 Å². The van der Waals surface area contributed by atoms with E-state index < -0.39 is 23.7 Å². The van der Waals surface area contributed by atoms with Crippen LogP contribution in [0.1, 0.15) is 76.2 Å². The van der Waals surface area contributed by atoms with Crippen molar-refractivity contribution >= 4 is 0 Å². The number of allylic oxidation sites excluding steroid dienone is 2. The van der Waals surface area contributed by atoms with Crippen molar-refractivity contribution in [2.24, 2.45) is 5.92 Å². The maximum Gasteiger partial charge on any atom is 0.186 e. The molecule has 4 rings (SSSR count). The quantitative estimate of drug-likeness (QED) is 0.169. The first-order chi connectivity index (χ1) is 19.0. The molecule has 0 aliphatic carbocycles. The van der Waals surface area contributed by atoms with Crippen LogP contribution < -0.4 is 0 Å². The minimum absolute atomic E-state index is 0.228. The lowest BCUT2D eigenvalue weighted by molar-refractivity contribution is -0.207. The fourth-order valence-electron chi connectivity index (χ4n) is 5.05. The van der Waals surface area contributed by atoms with Crippen LogP contribution in [0.5, 0.6) is 0 Å². The van der Waals surface area contributed by atoms with Crippen LogP contribution in [0.3, 0.4) is 0 Å². The van der Waals surface area contributed by atoms with Crippen LogP contribution in [0, 0.1) is 23.4 Å². The maximum absolute atomic E-state index is 15.0. The number of aryl methyl sites for hydroxylation is 1. The van der Waals surface area contributed by atoms with E-state index in [0.29, 0.717) is 47.8 Å². The van der Waals surface area contributed by atoms with Crippen LogP contribution in [-0.4, -0.2) is 13.2 Å². The fourth-order valence-corrected chi connectivity index (χ4v) is 5.05. The van der Waals surface area contributed by atoms with Crippen molar-refractivity contribution in [2.75, 3.05) is 13.2 Å². The third-order valence-electron chi connectivity index (χ3n) is 7.44. The van der Waals surface area contributed by atoms with Gasteiger partial charge in [0, 0.05) is 17.0 Å². The SMILES string of the molecule is C/C=C/CCC1COC(c2ccc(-c3ccc(-c4ccc(CCCCCCC)c(F)c4F)cc3)cc2F)OC1. The summed E-state index contributed by atoms with van der Waals surface area (Å²) in [6, 6.07) is 15.4. The highest BCUT2D eigenvalue weighted by atomic mass is 19.2. The number of hydrogen-bond donors (Lipinski definition) is 0. The Morgan fingerprint density at radius 3 is 2.18 bits per heavy atom. The highest BCUT2D eigenvalue weighted by Crippen LogP contribution is 2.33. The van der Waals surface area contributed by atoms with Gasteiger partial charge < -0.3 is 9.47 Å². The second-order valence-electron chi connectivity index (χ2n) is 10.4. The Bertz CT molecular complexity index is 1230. The fraction of sp³-hybridized carbons (Fsp3) is 0.412. The van der Waals surface area contributed by atoms with Gasteiger partial charge in [0.15, 0.2) is 17.9 Å². The summed E-state index contributed by atoms with van der Waals surface area (Å²) in [6.45, 7) is 5.24. The molecule has 0 aromatic heterocycles. The van der Waals surface area contributed by atoms with E-state index in [1.54, 1.807) is 42.5 Å². The van der Waals surface area contributed by atoms with Gasteiger partial charge >= 0.3 is 0 Å².